The summed E-state index contributed by atoms with van der Waals surface area (Å²) in [6, 6.07) is 10.3. The zero-order valence-electron chi connectivity index (χ0n) is 12.2. The van der Waals surface area contributed by atoms with E-state index in [0.29, 0.717) is 5.92 Å². The minimum atomic E-state index is 0.662. The van der Waals surface area contributed by atoms with Gasteiger partial charge in [-0.2, -0.15) is 5.26 Å². The molecule has 0 atom stereocenters. The Kier molecular flexibility index (Phi) is 5.83. The van der Waals surface area contributed by atoms with Crippen LogP contribution in [0.25, 0.3) is 0 Å². The van der Waals surface area contributed by atoms with E-state index in [9.17, 15) is 0 Å². The molecule has 0 saturated heterocycles. The van der Waals surface area contributed by atoms with Crippen LogP contribution in [0.2, 0.25) is 0 Å². The van der Waals surface area contributed by atoms with E-state index in [-0.39, 0.29) is 0 Å². The lowest BCUT2D eigenvalue weighted by molar-refractivity contribution is 0.102. The largest absolute Gasteiger partial charge is 0.377 e. The number of nitriles is 1. The number of allylic oxidation sites excluding steroid dienone is 1. The van der Waals surface area contributed by atoms with Crippen LogP contribution >= 0.6 is 0 Å². The number of benzene rings is 1. The highest BCUT2D eigenvalue weighted by molar-refractivity contribution is 5.33. The third-order valence-electron chi connectivity index (χ3n) is 4.16. The van der Waals surface area contributed by atoms with Crippen molar-refractivity contribution in [2.75, 3.05) is 13.2 Å². The zero-order valence-corrected chi connectivity index (χ0v) is 12.2. The van der Waals surface area contributed by atoms with Gasteiger partial charge >= 0.3 is 0 Å². The average Bonchev–Trinajstić information content (AvgIpc) is 2.52. The van der Waals surface area contributed by atoms with Gasteiger partial charge in [-0.3, -0.25) is 0 Å². The van der Waals surface area contributed by atoms with E-state index in [1.165, 1.54) is 31.2 Å². The Balaban J connectivity index is 1.77. The molecule has 0 radical (unpaired) electrons. The zero-order chi connectivity index (χ0) is 14.2. The maximum absolute atomic E-state index is 8.83. The molecule has 1 aliphatic carbocycles. The van der Waals surface area contributed by atoms with Gasteiger partial charge in [-0.1, -0.05) is 24.3 Å². The highest BCUT2D eigenvalue weighted by atomic mass is 16.5. The van der Waals surface area contributed by atoms with Crippen LogP contribution in [-0.4, -0.2) is 13.2 Å². The Bertz CT molecular complexity index is 461. The van der Waals surface area contributed by atoms with Crippen molar-refractivity contribution in [1.82, 2.24) is 0 Å². The van der Waals surface area contributed by atoms with Gasteiger partial charge in [0, 0.05) is 6.61 Å². The second-order valence-electron chi connectivity index (χ2n) is 5.56. The van der Waals surface area contributed by atoms with Crippen LogP contribution in [-0.2, 0) is 4.74 Å². The standard InChI is InChI=1S/C18H23NO/c1-2-3-12-20-14-16-6-10-18(11-7-16)17-8-4-15(13-19)5-9-17/h2-5,8-9,16,18H,6-7,10-12,14H2,1H3. The normalized spacial score (nSPS) is 22.8. The Labute approximate surface area is 122 Å². The molecule has 20 heavy (non-hydrogen) atoms. The van der Waals surface area contributed by atoms with Crippen LogP contribution in [0.5, 0.6) is 0 Å². The Hall–Kier alpha value is -1.59. The van der Waals surface area contributed by atoms with Crippen LogP contribution < -0.4 is 0 Å². The van der Waals surface area contributed by atoms with E-state index < -0.39 is 0 Å². The van der Waals surface area contributed by atoms with Gasteiger partial charge in [-0.25, -0.2) is 0 Å². The lowest BCUT2D eigenvalue weighted by Crippen LogP contribution is -2.18. The van der Waals surface area contributed by atoms with Gasteiger partial charge in [-0.05, 0) is 62.1 Å². The number of hydrogen-bond donors (Lipinski definition) is 0. The molecule has 1 saturated carbocycles. The van der Waals surface area contributed by atoms with Gasteiger partial charge in [0.2, 0.25) is 0 Å². The topological polar surface area (TPSA) is 33.0 Å². The molecule has 2 rings (SSSR count). The first-order chi connectivity index (χ1) is 9.83. The van der Waals surface area contributed by atoms with E-state index in [4.69, 9.17) is 10.00 Å². The summed E-state index contributed by atoms with van der Waals surface area (Å²) in [4.78, 5) is 0. The minimum Gasteiger partial charge on any atom is -0.377 e. The summed E-state index contributed by atoms with van der Waals surface area (Å²) >= 11 is 0. The molecular weight excluding hydrogens is 246 g/mol. The van der Waals surface area contributed by atoms with E-state index in [2.05, 4.69) is 24.3 Å². The molecule has 0 bridgehead atoms. The molecule has 0 N–H and O–H groups in total. The SMILES string of the molecule is CC=CCOCC1CCC(c2ccc(C#N)cc2)CC1. The van der Waals surface area contributed by atoms with Gasteiger partial charge in [0.05, 0.1) is 18.2 Å². The number of ether oxygens (including phenoxy) is 1. The van der Waals surface area contributed by atoms with Gasteiger partial charge in [0.25, 0.3) is 0 Å². The second kappa shape index (κ2) is 7.87. The van der Waals surface area contributed by atoms with E-state index in [1.54, 1.807) is 0 Å². The smallest absolute Gasteiger partial charge is 0.0991 e. The first kappa shape index (κ1) is 14.8. The highest BCUT2D eigenvalue weighted by Crippen LogP contribution is 2.35. The van der Waals surface area contributed by atoms with Crippen molar-refractivity contribution in [2.45, 2.75) is 38.5 Å². The van der Waals surface area contributed by atoms with Crippen molar-refractivity contribution in [3.05, 3.63) is 47.5 Å². The van der Waals surface area contributed by atoms with Crippen LogP contribution in [0.1, 0.15) is 49.7 Å². The molecule has 0 aliphatic heterocycles. The van der Waals surface area contributed by atoms with Gasteiger partial charge in [-0.15, -0.1) is 0 Å². The molecule has 1 aromatic carbocycles. The fourth-order valence-corrected chi connectivity index (χ4v) is 2.89. The van der Waals surface area contributed by atoms with Crippen LogP contribution in [0, 0.1) is 17.2 Å². The summed E-state index contributed by atoms with van der Waals surface area (Å²) in [5.41, 5.74) is 2.14. The Morgan fingerprint density at radius 3 is 2.50 bits per heavy atom. The number of nitrogens with zero attached hydrogens (tertiary/aromatic N) is 1. The maximum atomic E-state index is 8.83. The maximum Gasteiger partial charge on any atom is 0.0991 e. The summed E-state index contributed by atoms with van der Waals surface area (Å²) < 4.78 is 5.66. The first-order valence-corrected chi connectivity index (χ1v) is 7.52. The molecule has 2 heteroatoms. The second-order valence-corrected chi connectivity index (χ2v) is 5.56. The van der Waals surface area contributed by atoms with Crippen molar-refractivity contribution in [3.8, 4) is 6.07 Å². The van der Waals surface area contributed by atoms with Crippen molar-refractivity contribution in [3.63, 3.8) is 0 Å². The first-order valence-electron chi connectivity index (χ1n) is 7.52. The van der Waals surface area contributed by atoms with Crippen molar-refractivity contribution in [1.29, 1.82) is 5.26 Å². The monoisotopic (exact) mass is 269 g/mol. The summed E-state index contributed by atoms with van der Waals surface area (Å²) in [6.07, 6.45) is 9.07. The molecular formula is C18H23NO. The van der Waals surface area contributed by atoms with Crippen LogP contribution in [0.4, 0.5) is 0 Å². The van der Waals surface area contributed by atoms with Crippen molar-refractivity contribution >= 4 is 0 Å². The van der Waals surface area contributed by atoms with Gasteiger partial charge in [0.15, 0.2) is 0 Å². The molecule has 0 aromatic heterocycles. The minimum absolute atomic E-state index is 0.662. The summed E-state index contributed by atoms with van der Waals surface area (Å²) in [5, 5.41) is 8.83. The molecule has 2 nitrogen and oxygen atoms in total. The lowest BCUT2D eigenvalue weighted by Gasteiger charge is -2.28. The molecule has 0 amide bonds. The molecule has 1 aliphatic rings. The summed E-state index contributed by atoms with van der Waals surface area (Å²) in [6.45, 7) is 3.66. The molecule has 1 aromatic rings. The molecule has 0 spiro atoms. The molecule has 0 unspecified atom stereocenters. The van der Waals surface area contributed by atoms with Gasteiger partial charge < -0.3 is 4.74 Å². The quantitative estimate of drug-likeness (QED) is 0.585. The third kappa shape index (κ3) is 4.21. The number of hydrogen-bond acceptors (Lipinski definition) is 2. The Morgan fingerprint density at radius 1 is 1.20 bits per heavy atom. The summed E-state index contributed by atoms with van der Waals surface area (Å²) in [7, 11) is 0. The van der Waals surface area contributed by atoms with Gasteiger partial charge in [0.1, 0.15) is 0 Å². The Morgan fingerprint density at radius 2 is 1.90 bits per heavy atom. The average molecular weight is 269 g/mol. The molecule has 1 fully saturated rings. The predicted octanol–water partition coefficient (Wildman–Crippen LogP) is 4.42. The van der Waals surface area contributed by atoms with E-state index in [1.807, 2.05) is 25.1 Å². The van der Waals surface area contributed by atoms with E-state index >= 15 is 0 Å². The molecule has 106 valence electrons. The third-order valence-corrected chi connectivity index (χ3v) is 4.16. The number of rotatable bonds is 5. The fraction of sp³-hybridized carbons (Fsp3) is 0.500. The lowest BCUT2D eigenvalue weighted by atomic mass is 9.79. The van der Waals surface area contributed by atoms with Crippen molar-refractivity contribution in [2.24, 2.45) is 5.92 Å². The predicted molar refractivity (Wildman–Crippen MR) is 81.5 cm³/mol. The van der Waals surface area contributed by atoms with Crippen LogP contribution in [0.15, 0.2) is 36.4 Å². The van der Waals surface area contributed by atoms with E-state index in [0.717, 1.165) is 24.7 Å². The molecule has 0 heterocycles. The summed E-state index contributed by atoms with van der Waals surface area (Å²) in [5.74, 6) is 1.38. The fourth-order valence-electron chi connectivity index (χ4n) is 2.89. The van der Waals surface area contributed by atoms with Crippen LogP contribution in [0.3, 0.4) is 0 Å². The van der Waals surface area contributed by atoms with Crippen molar-refractivity contribution < 1.29 is 4.74 Å². The highest BCUT2D eigenvalue weighted by Gasteiger charge is 2.22.